The smallest absolute Gasteiger partial charge is 0.0655 e. The third-order valence-corrected chi connectivity index (χ3v) is 4.61. The van der Waals surface area contributed by atoms with Crippen LogP contribution in [0.2, 0.25) is 0 Å². The van der Waals surface area contributed by atoms with E-state index in [0.29, 0.717) is 23.7 Å². The van der Waals surface area contributed by atoms with Crippen LogP contribution in [0.25, 0.3) is 0 Å². The molecule has 1 aliphatic rings. The second-order valence-corrected chi connectivity index (χ2v) is 5.98. The maximum Gasteiger partial charge on any atom is 0.0655 e. The van der Waals surface area contributed by atoms with Crippen LogP contribution in [0, 0.1) is 58.2 Å². The molecule has 0 heterocycles. The zero-order chi connectivity index (χ0) is 13.0. The lowest BCUT2D eigenvalue weighted by molar-refractivity contribution is 0.0973. The lowest BCUT2D eigenvalue weighted by atomic mass is 9.64. The normalized spacial score (nSPS) is 32.5. The summed E-state index contributed by atoms with van der Waals surface area (Å²) in [5.74, 6) is 2.61. The van der Waals surface area contributed by atoms with Crippen molar-refractivity contribution in [1.29, 1.82) is 10.5 Å². The van der Waals surface area contributed by atoms with Crippen LogP contribution in [0.5, 0.6) is 0 Å². The van der Waals surface area contributed by atoms with Gasteiger partial charge in [0.1, 0.15) is 0 Å². The van der Waals surface area contributed by atoms with E-state index >= 15 is 0 Å². The predicted molar refractivity (Wildman–Crippen MR) is 68.7 cm³/mol. The van der Waals surface area contributed by atoms with Gasteiger partial charge in [0, 0.05) is 11.8 Å². The van der Waals surface area contributed by atoms with Gasteiger partial charge in [0.05, 0.1) is 12.1 Å². The molecule has 0 spiro atoms. The molecule has 0 aromatic heterocycles. The minimum absolute atomic E-state index is 0.153. The van der Waals surface area contributed by atoms with Gasteiger partial charge in [-0.2, -0.15) is 10.5 Å². The van der Waals surface area contributed by atoms with Gasteiger partial charge in [0.2, 0.25) is 0 Å². The summed E-state index contributed by atoms with van der Waals surface area (Å²) in [4.78, 5) is 0. The third-order valence-electron chi connectivity index (χ3n) is 4.61. The predicted octanol–water partition coefficient (Wildman–Crippen LogP) is 3.99. The molecule has 0 aromatic carbocycles. The van der Waals surface area contributed by atoms with Crippen molar-refractivity contribution in [1.82, 2.24) is 0 Å². The van der Waals surface area contributed by atoms with Crippen LogP contribution in [0.15, 0.2) is 0 Å². The Bertz CT molecular complexity index is 321. The average Bonchev–Trinajstić information content (AvgIpc) is 2.35. The molecule has 0 N–H and O–H groups in total. The van der Waals surface area contributed by atoms with E-state index in [1.54, 1.807) is 0 Å². The van der Waals surface area contributed by atoms with E-state index in [9.17, 15) is 0 Å². The fourth-order valence-electron chi connectivity index (χ4n) is 3.31. The Morgan fingerprint density at radius 2 is 1.47 bits per heavy atom. The Labute approximate surface area is 106 Å². The third kappa shape index (κ3) is 3.22. The SMILES string of the molecule is CC(C)C1CC(C(C)C#N)CCC1C(C)C#N. The first-order chi connectivity index (χ1) is 8.01. The molecule has 0 aromatic rings. The van der Waals surface area contributed by atoms with Crippen molar-refractivity contribution in [2.75, 3.05) is 0 Å². The van der Waals surface area contributed by atoms with Gasteiger partial charge in [-0.15, -0.1) is 0 Å². The van der Waals surface area contributed by atoms with Crippen molar-refractivity contribution >= 4 is 0 Å². The van der Waals surface area contributed by atoms with Crippen molar-refractivity contribution < 1.29 is 0 Å². The molecule has 5 unspecified atom stereocenters. The van der Waals surface area contributed by atoms with Gasteiger partial charge in [0.15, 0.2) is 0 Å². The molecular weight excluding hydrogens is 208 g/mol. The van der Waals surface area contributed by atoms with Crippen molar-refractivity contribution in [3.63, 3.8) is 0 Å². The molecule has 1 saturated carbocycles. The van der Waals surface area contributed by atoms with Crippen LogP contribution in [0.3, 0.4) is 0 Å². The van der Waals surface area contributed by atoms with Gasteiger partial charge in [-0.05, 0) is 56.8 Å². The highest BCUT2D eigenvalue weighted by molar-refractivity contribution is 4.95. The van der Waals surface area contributed by atoms with E-state index in [2.05, 4.69) is 26.0 Å². The topological polar surface area (TPSA) is 47.6 Å². The molecule has 0 bridgehead atoms. The first kappa shape index (κ1) is 14.0. The highest BCUT2D eigenvalue weighted by Crippen LogP contribution is 2.43. The molecule has 0 amide bonds. The highest BCUT2D eigenvalue weighted by atomic mass is 14.4. The number of nitriles is 2. The molecule has 1 rings (SSSR count). The number of rotatable bonds is 3. The van der Waals surface area contributed by atoms with Gasteiger partial charge < -0.3 is 0 Å². The first-order valence-corrected chi connectivity index (χ1v) is 6.80. The van der Waals surface area contributed by atoms with Crippen molar-refractivity contribution in [3.8, 4) is 12.1 Å². The van der Waals surface area contributed by atoms with Crippen LogP contribution in [0.1, 0.15) is 47.0 Å². The van der Waals surface area contributed by atoms with Crippen molar-refractivity contribution in [2.45, 2.75) is 47.0 Å². The summed E-state index contributed by atoms with van der Waals surface area (Å²) >= 11 is 0. The standard InChI is InChI=1S/C15H24N2/c1-10(2)15-7-13(11(3)8-16)5-6-14(15)12(4)9-17/h10-15H,5-7H2,1-4H3. The van der Waals surface area contributed by atoms with E-state index in [-0.39, 0.29) is 11.8 Å². The van der Waals surface area contributed by atoms with Crippen LogP contribution < -0.4 is 0 Å². The molecule has 2 heteroatoms. The number of hydrogen-bond acceptors (Lipinski definition) is 2. The van der Waals surface area contributed by atoms with Gasteiger partial charge in [-0.3, -0.25) is 0 Å². The van der Waals surface area contributed by atoms with Gasteiger partial charge in [-0.25, -0.2) is 0 Å². The molecule has 1 fully saturated rings. The Hall–Kier alpha value is -1.02. The molecular formula is C15H24N2. The minimum atomic E-state index is 0.153. The van der Waals surface area contributed by atoms with Crippen LogP contribution >= 0.6 is 0 Å². The summed E-state index contributed by atoms with van der Waals surface area (Å²) in [6.45, 7) is 8.59. The zero-order valence-corrected chi connectivity index (χ0v) is 11.5. The molecule has 94 valence electrons. The maximum atomic E-state index is 9.11. The zero-order valence-electron chi connectivity index (χ0n) is 11.5. The van der Waals surface area contributed by atoms with Gasteiger partial charge in [0.25, 0.3) is 0 Å². The quantitative estimate of drug-likeness (QED) is 0.738. The Morgan fingerprint density at radius 3 is 1.94 bits per heavy atom. The Kier molecular flexibility index (Phi) is 5.01. The average molecular weight is 232 g/mol. The molecule has 1 aliphatic carbocycles. The highest BCUT2D eigenvalue weighted by Gasteiger charge is 2.36. The molecule has 17 heavy (non-hydrogen) atoms. The fourth-order valence-corrected chi connectivity index (χ4v) is 3.31. The van der Waals surface area contributed by atoms with E-state index in [1.165, 1.54) is 0 Å². The molecule has 0 aliphatic heterocycles. The number of hydrogen-bond donors (Lipinski definition) is 0. The Morgan fingerprint density at radius 1 is 0.882 bits per heavy atom. The Balaban J connectivity index is 2.76. The summed E-state index contributed by atoms with van der Waals surface area (Å²) in [6.07, 6.45) is 3.37. The van der Waals surface area contributed by atoms with E-state index in [0.717, 1.165) is 19.3 Å². The summed E-state index contributed by atoms with van der Waals surface area (Å²) < 4.78 is 0. The molecule has 2 nitrogen and oxygen atoms in total. The van der Waals surface area contributed by atoms with E-state index in [4.69, 9.17) is 10.5 Å². The lowest BCUT2D eigenvalue weighted by Gasteiger charge is -2.40. The molecule has 0 radical (unpaired) electrons. The van der Waals surface area contributed by atoms with Crippen molar-refractivity contribution in [3.05, 3.63) is 0 Å². The second-order valence-electron chi connectivity index (χ2n) is 5.98. The van der Waals surface area contributed by atoms with E-state index < -0.39 is 0 Å². The molecule has 0 saturated heterocycles. The lowest BCUT2D eigenvalue weighted by Crippen LogP contribution is -2.34. The summed E-state index contributed by atoms with van der Waals surface area (Å²) in [6, 6.07) is 4.80. The first-order valence-electron chi connectivity index (χ1n) is 6.80. The molecule has 5 atom stereocenters. The summed E-state index contributed by atoms with van der Waals surface area (Å²) in [5, 5.41) is 18.1. The van der Waals surface area contributed by atoms with Crippen LogP contribution in [0.4, 0.5) is 0 Å². The second kappa shape index (κ2) is 6.06. The fraction of sp³-hybridized carbons (Fsp3) is 0.867. The largest absolute Gasteiger partial charge is 0.198 e. The monoisotopic (exact) mass is 232 g/mol. The summed E-state index contributed by atoms with van der Waals surface area (Å²) in [7, 11) is 0. The summed E-state index contributed by atoms with van der Waals surface area (Å²) in [5.41, 5.74) is 0. The maximum absolute atomic E-state index is 9.11. The minimum Gasteiger partial charge on any atom is -0.198 e. The van der Waals surface area contributed by atoms with Crippen molar-refractivity contribution in [2.24, 2.45) is 35.5 Å². The van der Waals surface area contributed by atoms with Crippen LogP contribution in [-0.2, 0) is 0 Å². The van der Waals surface area contributed by atoms with Gasteiger partial charge >= 0.3 is 0 Å². The van der Waals surface area contributed by atoms with Gasteiger partial charge in [-0.1, -0.05) is 13.8 Å². The van der Waals surface area contributed by atoms with E-state index in [1.807, 2.05) is 13.8 Å². The number of nitrogens with zero attached hydrogens (tertiary/aromatic N) is 2. The van der Waals surface area contributed by atoms with Crippen LogP contribution in [-0.4, -0.2) is 0 Å².